The first-order valence-electron chi connectivity index (χ1n) is 6.29. The minimum absolute atomic E-state index is 0.140. The first kappa shape index (κ1) is 16.0. The van der Waals surface area contributed by atoms with Crippen LogP contribution < -0.4 is 10.6 Å². The van der Waals surface area contributed by atoms with Gasteiger partial charge in [-0.1, -0.05) is 0 Å². The number of urea groups is 1. The number of carbonyl (C=O) groups is 2. The molecular formula is C13H20N2O5. The number of hydrogen-bond donors (Lipinski definition) is 4. The van der Waals surface area contributed by atoms with Gasteiger partial charge in [0, 0.05) is 19.0 Å². The van der Waals surface area contributed by atoms with Crippen LogP contribution in [-0.4, -0.2) is 40.4 Å². The third kappa shape index (κ3) is 6.24. The van der Waals surface area contributed by atoms with E-state index in [9.17, 15) is 14.7 Å². The van der Waals surface area contributed by atoms with Gasteiger partial charge in [-0.25, -0.2) is 4.79 Å². The first-order valence-corrected chi connectivity index (χ1v) is 6.29. The summed E-state index contributed by atoms with van der Waals surface area (Å²) >= 11 is 0. The van der Waals surface area contributed by atoms with Crippen LogP contribution in [0.15, 0.2) is 22.8 Å². The Morgan fingerprint density at radius 2 is 2.20 bits per heavy atom. The molecule has 1 aromatic heterocycles. The molecule has 0 spiro atoms. The van der Waals surface area contributed by atoms with Crippen molar-refractivity contribution in [2.45, 2.75) is 38.3 Å². The molecule has 1 aromatic rings. The summed E-state index contributed by atoms with van der Waals surface area (Å²) in [6, 6.07) is 2.97. The number of rotatable bonds is 7. The lowest BCUT2D eigenvalue weighted by molar-refractivity contribution is -0.141. The molecule has 0 saturated heterocycles. The number of nitrogens with one attached hydrogen (secondary N) is 2. The second kappa shape index (κ2) is 6.95. The van der Waals surface area contributed by atoms with Crippen molar-refractivity contribution in [1.29, 1.82) is 0 Å². The first-order chi connectivity index (χ1) is 9.28. The van der Waals surface area contributed by atoms with Gasteiger partial charge in [0.1, 0.15) is 5.76 Å². The molecule has 0 aliphatic heterocycles. The van der Waals surface area contributed by atoms with Gasteiger partial charge in [-0.15, -0.1) is 0 Å². The summed E-state index contributed by atoms with van der Waals surface area (Å²) in [4.78, 5) is 22.1. The Bertz CT molecular complexity index is 442. The molecule has 0 bridgehead atoms. The lowest BCUT2D eigenvalue weighted by Crippen LogP contribution is -2.48. The molecule has 1 heterocycles. The smallest absolute Gasteiger partial charge is 0.315 e. The number of carboxylic acid groups (broad SMARTS) is 1. The molecule has 0 radical (unpaired) electrons. The number of hydrogen-bond acceptors (Lipinski definition) is 4. The van der Waals surface area contributed by atoms with E-state index in [0.717, 1.165) is 5.76 Å². The summed E-state index contributed by atoms with van der Waals surface area (Å²) in [5.41, 5.74) is -1.48. The number of carboxylic acids is 1. The Morgan fingerprint density at radius 3 is 2.75 bits per heavy atom. The molecule has 112 valence electrons. The van der Waals surface area contributed by atoms with Crippen molar-refractivity contribution >= 4 is 12.0 Å². The van der Waals surface area contributed by atoms with Gasteiger partial charge in [0.15, 0.2) is 0 Å². The van der Waals surface area contributed by atoms with Crippen LogP contribution in [0.2, 0.25) is 0 Å². The third-order valence-electron chi connectivity index (χ3n) is 2.63. The van der Waals surface area contributed by atoms with Gasteiger partial charge >= 0.3 is 12.0 Å². The maximum absolute atomic E-state index is 11.6. The maximum Gasteiger partial charge on any atom is 0.315 e. The second-order valence-corrected chi connectivity index (χ2v) is 5.08. The number of furan rings is 1. The van der Waals surface area contributed by atoms with Gasteiger partial charge in [-0.3, -0.25) is 4.79 Å². The van der Waals surface area contributed by atoms with Crippen LogP contribution in [0.4, 0.5) is 4.79 Å². The van der Waals surface area contributed by atoms with Crippen molar-refractivity contribution in [3.8, 4) is 0 Å². The Balaban J connectivity index is 2.31. The summed E-state index contributed by atoms with van der Waals surface area (Å²) in [5, 5.41) is 23.5. The van der Waals surface area contributed by atoms with Crippen molar-refractivity contribution in [3.05, 3.63) is 24.2 Å². The maximum atomic E-state index is 11.6. The van der Waals surface area contributed by atoms with E-state index in [4.69, 9.17) is 9.52 Å². The average molecular weight is 284 g/mol. The Hall–Kier alpha value is -2.02. The average Bonchev–Trinajstić information content (AvgIpc) is 2.77. The molecule has 7 heteroatoms. The fourth-order valence-electron chi connectivity index (χ4n) is 1.72. The van der Waals surface area contributed by atoms with Gasteiger partial charge in [0.05, 0.1) is 18.3 Å². The topological polar surface area (TPSA) is 112 Å². The molecule has 0 saturated carbocycles. The van der Waals surface area contributed by atoms with Crippen LogP contribution in [0.1, 0.15) is 26.0 Å². The molecule has 20 heavy (non-hydrogen) atoms. The monoisotopic (exact) mass is 284 g/mol. The van der Waals surface area contributed by atoms with Gasteiger partial charge in [0.2, 0.25) is 0 Å². The fourth-order valence-corrected chi connectivity index (χ4v) is 1.72. The molecule has 0 aliphatic carbocycles. The summed E-state index contributed by atoms with van der Waals surface area (Å²) in [5.74, 6) is -0.362. The summed E-state index contributed by atoms with van der Waals surface area (Å²) in [6.07, 6.45) is 1.67. The molecule has 7 nitrogen and oxygen atoms in total. The van der Waals surface area contributed by atoms with Crippen molar-refractivity contribution in [2.75, 3.05) is 6.54 Å². The lowest BCUT2D eigenvalue weighted by atomic mass is 10.0. The predicted octanol–water partition coefficient (Wildman–Crippen LogP) is 0.736. The van der Waals surface area contributed by atoms with Crippen LogP contribution in [0.25, 0.3) is 0 Å². The van der Waals surface area contributed by atoms with E-state index >= 15 is 0 Å². The van der Waals surface area contributed by atoms with Gasteiger partial charge in [-0.05, 0) is 26.0 Å². The zero-order valence-electron chi connectivity index (χ0n) is 11.5. The lowest BCUT2D eigenvalue weighted by Gasteiger charge is -2.22. The van der Waals surface area contributed by atoms with Crippen LogP contribution in [0.3, 0.4) is 0 Å². The highest BCUT2D eigenvalue weighted by Gasteiger charge is 2.25. The highest BCUT2D eigenvalue weighted by atomic mass is 16.4. The van der Waals surface area contributed by atoms with E-state index in [1.165, 1.54) is 6.92 Å². The molecule has 0 aromatic carbocycles. The molecule has 4 N–H and O–H groups in total. The summed E-state index contributed by atoms with van der Waals surface area (Å²) in [7, 11) is 0. The Morgan fingerprint density at radius 1 is 1.50 bits per heavy atom. The largest absolute Gasteiger partial charge is 0.481 e. The highest BCUT2D eigenvalue weighted by molar-refractivity contribution is 5.74. The van der Waals surface area contributed by atoms with Crippen LogP contribution in [-0.2, 0) is 11.2 Å². The van der Waals surface area contributed by atoms with Gasteiger partial charge in [-0.2, -0.15) is 0 Å². The van der Waals surface area contributed by atoms with E-state index < -0.39 is 24.0 Å². The van der Waals surface area contributed by atoms with Crippen molar-refractivity contribution < 1.29 is 24.2 Å². The number of aliphatic hydroxyl groups is 1. The van der Waals surface area contributed by atoms with E-state index in [-0.39, 0.29) is 12.6 Å². The van der Waals surface area contributed by atoms with Crippen LogP contribution >= 0.6 is 0 Å². The number of aliphatic carboxylic acids is 1. The van der Waals surface area contributed by atoms with Crippen molar-refractivity contribution in [1.82, 2.24) is 10.6 Å². The second-order valence-electron chi connectivity index (χ2n) is 5.08. The zero-order valence-corrected chi connectivity index (χ0v) is 11.5. The quantitative estimate of drug-likeness (QED) is 0.590. The minimum Gasteiger partial charge on any atom is -0.481 e. The Kier molecular flexibility index (Phi) is 5.57. The van der Waals surface area contributed by atoms with Crippen LogP contribution in [0, 0.1) is 0 Å². The van der Waals surface area contributed by atoms with Crippen LogP contribution in [0.5, 0.6) is 0 Å². The molecule has 1 rings (SSSR count). The minimum atomic E-state index is -1.48. The zero-order chi connectivity index (χ0) is 15.2. The molecule has 2 amide bonds. The molecule has 2 unspecified atom stereocenters. The van der Waals surface area contributed by atoms with E-state index in [1.54, 1.807) is 12.3 Å². The normalized spacial score (nSPS) is 15.2. The molecule has 0 aliphatic rings. The number of carbonyl (C=O) groups excluding carboxylic acids is 1. The van der Waals surface area contributed by atoms with E-state index in [0.29, 0.717) is 6.42 Å². The van der Waals surface area contributed by atoms with E-state index in [2.05, 4.69) is 10.6 Å². The highest BCUT2D eigenvalue weighted by Crippen LogP contribution is 2.07. The fraction of sp³-hybridized carbons (Fsp3) is 0.538. The van der Waals surface area contributed by atoms with Gasteiger partial charge < -0.3 is 25.3 Å². The SMILES string of the molecule is CC(Cc1ccco1)NC(=O)NCC(C)(O)CC(=O)O. The molecule has 0 fully saturated rings. The molecule has 2 atom stereocenters. The molecular weight excluding hydrogens is 264 g/mol. The summed E-state index contributed by atoms with van der Waals surface area (Å²) < 4.78 is 5.17. The van der Waals surface area contributed by atoms with E-state index in [1.807, 2.05) is 13.0 Å². The standard InChI is InChI=1S/C13H20N2O5/c1-9(6-10-4-3-5-20-10)15-12(18)14-8-13(2,19)7-11(16)17/h3-5,9,19H,6-8H2,1-2H3,(H,16,17)(H2,14,15,18). The number of amides is 2. The third-order valence-corrected chi connectivity index (χ3v) is 2.63. The van der Waals surface area contributed by atoms with Gasteiger partial charge in [0.25, 0.3) is 0 Å². The van der Waals surface area contributed by atoms with Crippen molar-refractivity contribution in [3.63, 3.8) is 0 Å². The Labute approximate surface area is 117 Å². The summed E-state index contributed by atoms with van der Waals surface area (Å²) in [6.45, 7) is 3.03. The predicted molar refractivity (Wildman–Crippen MR) is 71.3 cm³/mol. The van der Waals surface area contributed by atoms with Crippen molar-refractivity contribution in [2.24, 2.45) is 0 Å².